The first-order valence-corrected chi connectivity index (χ1v) is 15.6. The van der Waals surface area contributed by atoms with E-state index in [1.807, 2.05) is 30.3 Å². The van der Waals surface area contributed by atoms with Crippen LogP contribution < -0.4 is 16.0 Å². The lowest BCUT2D eigenvalue weighted by molar-refractivity contribution is -0.149. The highest BCUT2D eigenvalue weighted by Crippen LogP contribution is 2.27. The molecule has 0 saturated carbocycles. The molecule has 0 radical (unpaired) electrons. The van der Waals surface area contributed by atoms with E-state index in [4.69, 9.17) is 9.47 Å². The second-order valence-electron chi connectivity index (χ2n) is 13.8. The van der Waals surface area contributed by atoms with Crippen molar-refractivity contribution in [3.05, 3.63) is 35.9 Å². The smallest absolute Gasteiger partial charge is 0.411 e. The van der Waals surface area contributed by atoms with Gasteiger partial charge in [0.25, 0.3) is 0 Å². The Morgan fingerprint density at radius 1 is 0.851 bits per heavy atom. The number of ether oxygens (including phenoxy) is 2. The molecule has 2 aliphatic rings. The summed E-state index contributed by atoms with van der Waals surface area (Å²) in [5.74, 6) is -3.24. The van der Waals surface area contributed by atoms with E-state index in [0.717, 1.165) is 15.4 Å². The molecule has 5 amide bonds. The van der Waals surface area contributed by atoms with E-state index in [1.165, 1.54) is 0 Å². The number of alkyl carbamates (subject to hydrolysis) is 1. The number of carboxylic acid groups (broad SMARTS) is 1. The van der Waals surface area contributed by atoms with Crippen molar-refractivity contribution < 1.29 is 48.5 Å². The van der Waals surface area contributed by atoms with Gasteiger partial charge in [-0.3, -0.25) is 19.3 Å². The summed E-state index contributed by atoms with van der Waals surface area (Å²) in [5, 5.41) is 28.1. The number of benzene rings is 1. The number of nitrogens with zero attached hydrogens (tertiary/aromatic N) is 2. The Balaban J connectivity index is 1.68. The molecule has 0 spiro atoms. The molecule has 0 aromatic heterocycles. The maximum atomic E-state index is 13.9. The second-order valence-corrected chi connectivity index (χ2v) is 13.8. The quantitative estimate of drug-likeness (QED) is 0.242. The van der Waals surface area contributed by atoms with Crippen LogP contribution in [0.1, 0.15) is 66.4 Å². The number of rotatable bonds is 10. The molecule has 260 valence electrons. The SMILES string of the molecule is CC(C)(C)OC(=O)NCC(=O)N[C@@H]1C[C@@H](C(=O)N2C[C@H](NC(=O)[C@H](O)CCc3ccccc3)C[C@H]2C(=O)O)N(C(=O)OC(C)(C)C)C1. The van der Waals surface area contributed by atoms with Gasteiger partial charge in [-0.1, -0.05) is 30.3 Å². The van der Waals surface area contributed by atoms with Crippen LogP contribution >= 0.6 is 0 Å². The second kappa shape index (κ2) is 15.5. The zero-order valence-corrected chi connectivity index (χ0v) is 27.8. The van der Waals surface area contributed by atoms with Crippen molar-refractivity contribution in [3.63, 3.8) is 0 Å². The minimum absolute atomic E-state index is 0.0473. The van der Waals surface area contributed by atoms with Crippen molar-refractivity contribution in [1.29, 1.82) is 0 Å². The average Bonchev–Trinajstić information content (AvgIpc) is 3.58. The monoisotopic (exact) mass is 661 g/mol. The summed E-state index contributed by atoms with van der Waals surface area (Å²) in [5.41, 5.74) is -0.721. The topological polar surface area (TPSA) is 204 Å². The largest absolute Gasteiger partial charge is 0.480 e. The molecule has 5 N–H and O–H groups in total. The summed E-state index contributed by atoms with van der Waals surface area (Å²) in [7, 11) is 0. The molecule has 0 aliphatic carbocycles. The van der Waals surface area contributed by atoms with Gasteiger partial charge in [0.05, 0.1) is 0 Å². The fourth-order valence-electron chi connectivity index (χ4n) is 5.43. The Labute approximate surface area is 274 Å². The third kappa shape index (κ3) is 11.4. The number of aliphatic hydroxyl groups is 1. The van der Waals surface area contributed by atoms with Crippen molar-refractivity contribution >= 4 is 35.9 Å². The molecular weight excluding hydrogens is 614 g/mol. The molecule has 0 unspecified atom stereocenters. The van der Waals surface area contributed by atoms with Crippen LogP contribution in [0.5, 0.6) is 0 Å². The molecule has 0 bridgehead atoms. The minimum atomic E-state index is -1.34. The van der Waals surface area contributed by atoms with Crippen LogP contribution in [-0.4, -0.2) is 117 Å². The summed E-state index contributed by atoms with van der Waals surface area (Å²) in [6.07, 6.45) is -2.49. The van der Waals surface area contributed by atoms with Crippen molar-refractivity contribution in [3.8, 4) is 0 Å². The Morgan fingerprint density at radius 2 is 1.43 bits per heavy atom. The van der Waals surface area contributed by atoms with Crippen LogP contribution in [0.2, 0.25) is 0 Å². The average molecular weight is 662 g/mol. The maximum absolute atomic E-state index is 13.9. The molecule has 15 nitrogen and oxygen atoms in total. The lowest BCUT2D eigenvalue weighted by Gasteiger charge is -2.31. The van der Waals surface area contributed by atoms with E-state index in [9.17, 15) is 39.0 Å². The molecule has 2 aliphatic heterocycles. The minimum Gasteiger partial charge on any atom is -0.480 e. The van der Waals surface area contributed by atoms with E-state index < -0.39 is 83.9 Å². The Bertz CT molecular complexity index is 1310. The molecule has 3 rings (SSSR count). The summed E-state index contributed by atoms with van der Waals surface area (Å²) in [4.78, 5) is 78.9. The van der Waals surface area contributed by atoms with Gasteiger partial charge < -0.3 is 40.5 Å². The van der Waals surface area contributed by atoms with Crippen molar-refractivity contribution in [2.24, 2.45) is 0 Å². The van der Waals surface area contributed by atoms with Crippen molar-refractivity contribution in [1.82, 2.24) is 25.8 Å². The van der Waals surface area contributed by atoms with Crippen LogP contribution in [0.15, 0.2) is 30.3 Å². The number of carboxylic acids is 1. The third-order valence-electron chi connectivity index (χ3n) is 7.44. The normalized spacial score (nSPS) is 21.9. The molecule has 5 atom stereocenters. The molecule has 2 heterocycles. The van der Waals surface area contributed by atoms with Gasteiger partial charge in [-0.2, -0.15) is 0 Å². The Morgan fingerprint density at radius 3 is 2.02 bits per heavy atom. The highest BCUT2D eigenvalue weighted by Gasteiger charge is 2.48. The van der Waals surface area contributed by atoms with E-state index in [1.54, 1.807) is 41.5 Å². The summed E-state index contributed by atoms with van der Waals surface area (Å²) >= 11 is 0. The molecular formula is C32H47N5O10. The number of aliphatic hydroxyl groups excluding tert-OH is 1. The van der Waals surface area contributed by atoms with E-state index in [-0.39, 0.29) is 32.4 Å². The molecule has 1 aromatic rings. The lowest BCUT2D eigenvalue weighted by Crippen LogP contribution is -2.52. The van der Waals surface area contributed by atoms with Gasteiger partial charge in [-0.25, -0.2) is 14.4 Å². The molecule has 47 heavy (non-hydrogen) atoms. The highest BCUT2D eigenvalue weighted by molar-refractivity contribution is 5.91. The third-order valence-corrected chi connectivity index (χ3v) is 7.44. The molecule has 2 saturated heterocycles. The van der Waals surface area contributed by atoms with Crippen LogP contribution in [0.4, 0.5) is 9.59 Å². The first kappa shape index (κ1) is 37.1. The van der Waals surface area contributed by atoms with E-state index in [2.05, 4.69) is 16.0 Å². The number of likely N-dealkylation sites (tertiary alicyclic amines) is 2. The van der Waals surface area contributed by atoms with Gasteiger partial charge in [0.1, 0.15) is 35.9 Å². The zero-order chi connectivity index (χ0) is 35.1. The van der Waals surface area contributed by atoms with Crippen LogP contribution in [0, 0.1) is 0 Å². The predicted octanol–water partition coefficient (Wildman–Crippen LogP) is 1.17. The molecule has 2 fully saturated rings. The number of hydrogen-bond acceptors (Lipinski definition) is 9. The fraction of sp³-hybridized carbons (Fsp3) is 0.625. The van der Waals surface area contributed by atoms with Gasteiger partial charge in [0.2, 0.25) is 17.7 Å². The number of aryl methyl sites for hydroxylation is 1. The fourth-order valence-corrected chi connectivity index (χ4v) is 5.43. The van der Waals surface area contributed by atoms with Crippen molar-refractivity contribution in [2.75, 3.05) is 19.6 Å². The Hall–Kier alpha value is -4.40. The number of aliphatic carboxylic acids is 1. The van der Waals surface area contributed by atoms with E-state index >= 15 is 0 Å². The van der Waals surface area contributed by atoms with Crippen LogP contribution in [0.3, 0.4) is 0 Å². The van der Waals surface area contributed by atoms with Gasteiger partial charge in [-0.15, -0.1) is 0 Å². The lowest BCUT2D eigenvalue weighted by atomic mass is 10.1. The molecule has 15 heteroatoms. The summed E-state index contributed by atoms with van der Waals surface area (Å²) < 4.78 is 10.6. The number of carbonyl (C=O) groups is 6. The number of carbonyl (C=O) groups excluding carboxylic acids is 5. The maximum Gasteiger partial charge on any atom is 0.411 e. The summed E-state index contributed by atoms with van der Waals surface area (Å²) in [6, 6.07) is 5.36. The number of amides is 5. The molecule has 1 aromatic carbocycles. The predicted molar refractivity (Wildman–Crippen MR) is 168 cm³/mol. The van der Waals surface area contributed by atoms with Gasteiger partial charge in [0.15, 0.2) is 0 Å². The first-order valence-electron chi connectivity index (χ1n) is 15.6. The zero-order valence-electron chi connectivity index (χ0n) is 27.8. The number of nitrogens with one attached hydrogen (secondary N) is 3. The Kier molecular flexibility index (Phi) is 12.2. The van der Waals surface area contributed by atoms with E-state index in [0.29, 0.717) is 6.42 Å². The highest BCUT2D eigenvalue weighted by atomic mass is 16.6. The van der Waals surface area contributed by atoms with Gasteiger partial charge in [0, 0.05) is 31.6 Å². The van der Waals surface area contributed by atoms with Crippen molar-refractivity contribution in [2.45, 2.75) is 109 Å². The first-order chi connectivity index (χ1) is 21.8. The van der Waals surface area contributed by atoms with Crippen LogP contribution in [0.25, 0.3) is 0 Å². The standard InChI is InChI=1S/C32H47N5O10/c1-31(2,3)46-29(44)33-16-25(39)34-20-14-22(37(18-20)30(45)47-32(4,5)6)27(41)36-17-21(15-23(36)28(42)43)35-26(40)24(38)13-12-19-10-8-7-9-11-19/h7-11,20-24,38H,12-18H2,1-6H3,(H,33,44)(H,34,39)(H,35,40)(H,42,43)/t20-,21-,22+,23+,24-/m1/s1. The van der Waals surface area contributed by atoms with Gasteiger partial charge >= 0.3 is 18.2 Å². The summed E-state index contributed by atoms with van der Waals surface area (Å²) in [6.45, 7) is 9.31. The number of hydrogen-bond donors (Lipinski definition) is 5. The van der Waals surface area contributed by atoms with Gasteiger partial charge in [-0.05, 0) is 66.4 Å². The van der Waals surface area contributed by atoms with Crippen LogP contribution in [-0.2, 0) is 35.1 Å².